The first-order valence-corrected chi connectivity index (χ1v) is 24.7. The van der Waals surface area contributed by atoms with E-state index in [1.807, 2.05) is 159 Å². The summed E-state index contributed by atoms with van der Waals surface area (Å²) in [6.07, 6.45) is 0. The van der Waals surface area contributed by atoms with E-state index in [9.17, 15) is 10.2 Å². The normalized spacial score (nSPS) is 11.5. The van der Waals surface area contributed by atoms with Gasteiger partial charge in [0.05, 0.1) is 0 Å². The molecule has 8 rings (SSSR count). The van der Waals surface area contributed by atoms with Gasteiger partial charge in [-0.25, -0.2) is 0 Å². The Hall–Kier alpha value is -3.94. The number of hydrogen-bond donors (Lipinski definition) is 0. The van der Waals surface area contributed by atoms with Crippen molar-refractivity contribution in [3.63, 3.8) is 0 Å². The van der Waals surface area contributed by atoms with Crippen molar-refractivity contribution in [1.29, 1.82) is 0 Å². The summed E-state index contributed by atoms with van der Waals surface area (Å²) in [5, 5.41) is 36.2. The topological polar surface area (TPSA) is 46.1 Å². The minimum Gasteiger partial charge on any atom is -0.842 e. The summed E-state index contributed by atoms with van der Waals surface area (Å²) in [6.45, 7) is 3.84. The van der Waals surface area contributed by atoms with Gasteiger partial charge in [-0.1, -0.05) is 298 Å². The quantitative estimate of drug-likeness (QED) is 0.0912. The zero-order valence-electron chi connectivity index (χ0n) is 33.0. The van der Waals surface area contributed by atoms with Crippen LogP contribution < -0.4 is 52.6 Å². The third-order valence-electron chi connectivity index (χ3n) is 9.77. The molecular formula is C52H46O2P4Pd. The van der Waals surface area contributed by atoms with Crippen LogP contribution in [0, 0.1) is 0 Å². The van der Waals surface area contributed by atoms with Gasteiger partial charge in [-0.15, -0.1) is 0 Å². The van der Waals surface area contributed by atoms with Crippen molar-refractivity contribution < 1.29 is 30.6 Å². The van der Waals surface area contributed by atoms with E-state index in [1.54, 1.807) is 0 Å². The van der Waals surface area contributed by atoms with E-state index < -0.39 is 41.9 Å². The van der Waals surface area contributed by atoms with Gasteiger partial charge in [0.15, 0.2) is 0 Å². The maximum Gasteiger partial charge on any atom is 2.00 e. The minimum atomic E-state index is -1.17. The molecular weight excluding hydrogens is 887 g/mol. The van der Waals surface area contributed by atoms with Crippen molar-refractivity contribution in [3.8, 4) is 0 Å². The Morgan fingerprint density at radius 3 is 0.441 bits per heavy atom. The average molecular weight is 933 g/mol. The third-order valence-corrected chi connectivity index (χ3v) is 22.0. The second-order valence-electron chi connectivity index (χ2n) is 13.9. The number of benzene rings is 8. The summed E-state index contributed by atoms with van der Waals surface area (Å²) in [5.41, 5.74) is 0. The summed E-state index contributed by atoms with van der Waals surface area (Å²) in [6, 6.07) is 82.5. The molecule has 0 heterocycles. The first-order valence-electron chi connectivity index (χ1n) is 19.4. The molecule has 0 fully saturated rings. The summed E-state index contributed by atoms with van der Waals surface area (Å²) < 4.78 is 0. The van der Waals surface area contributed by atoms with Crippen LogP contribution in [0.4, 0.5) is 0 Å². The Morgan fingerprint density at radius 1 is 0.237 bits per heavy atom. The van der Waals surface area contributed by atoms with Crippen LogP contribution in [0.3, 0.4) is 0 Å². The molecule has 0 spiro atoms. The van der Waals surface area contributed by atoms with Gasteiger partial charge in [0, 0.05) is 0 Å². The zero-order valence-corrected chi connectivity index (χ0v) is 38.1. The molecule has 0 aliphatic carbocycles. The van der Waals surface area contributed by atoms with Crippen LogP contribution in [0.1, 0.15) is 13.8 Å². The molecule has 0 amide bonds. The van der Waals surface area contributed by atoms with Crippen molar-refractivity contribution in [2.45, 2.75) is 24.0 Å². The van der Waals surface area contributed by atoms with E-state index in [4.69, 9.17) is 0 Å². The fourth-order valence-corrected chi connectivity index (χ4v) is 20.5. The molecule has 0 N–H and O–H groups in total. The Bertz CT molecular complexity index is 1890. The van der Waals surface area contributed by atoms with Gasteiger partial charge in [-0.3, -0.25) is 0 Å². The van der Waals surface area contributed by atoms with Gasteiger partial charge in [-0.2, -0.15) is 0 Å². The van der Waals surface area contributed by atoms with Crippen LogP contribution in [0.5, 0.6) is 0 Å². The van der Waals surface area contributed by atoms with Gasteiger partial charge in [0.2, 0.25) is 0 Å². The molecule has 0 saturated heterocycles. The van der Waals surface area contributed by atoms with Gasteiger partial charge >= 0.3 is 20.4 Å². The maximum absolute atomic E-state index is 14.8. The summed E-state index contributed by atoms with van der Waals surface area (Å²) in [5.74, 6) is 0. The molecule has 0 saturated carbocycles. The van der Waals surface area contributed by atoms with Gasteiger partial charge in [0.1, 0.15) is 0 Å². The first kappa shape index (κ1) is 44.6. The minimum absolute atomic E-state index is 0. The van der Waals surface area contributed by atoms with E-state index in [2.05, 4.69) is 97.1 Å². The van der Waals surface area contributed by atoms with Crippen LogP contribution >= 0.6 is 31.7 Å². The molecule has 0 aliphatic heterocycles. The predicted molar refractivity (Wildman–Crippen MR) is 253 cm³/mol. The monoisotopic (exact) mass is 932 g/mol. The number of rotatable bonds is 12. The van der Waals surface area contributed by atoms with E-state index in [-0.39, 0.29) is 20.4 Å². The van der Waals surface area contributed by atoms with E-state index in [0.29, 0.717) is 0 Å². The van der Waals surface area contributed by atoms with Crippen LogP contribution in [0.15, 0.2) is 243 Å². The van der Waals surface area contributed by atoms with Crippen LogP contribution in [-0.4, -0.2) is 10.2 Å². The molecule has 0 atom stereocenters. The second-order valence-corrected chi connectivity index (χ2v) is 24.8. The molecule has 0 unspecified atom stereocenters. The fraction of sp³-hybridized carbons (Fsp3) is 0.0769. The van der Waals surface area contributed by atoms with Gasteiger partial charge < -0.3 is 10.2 Å². The summed E-state index contributed by atoms with van der Waals surface area (Å²) in [7, 11) is -4.43. The largest absolute Gasteiger partial charge is 2.00 e. The van der Waals surface area contributed by atoms with Crippen molar-refractivity contribution in [3.05, 3.63) is 243 Å². The molecule has 8 aromatic rings. The van der Waals surface area contributed by atoms with Gasteiger partial charge in [-0.05, 0) is 42.4 Å². The van der Waals surface area contributed by atoms with Crippen LogP contribution in [0.25, 0.3) is 0 Å². The SMILES string of the molecule is CC([O-])(P(c1ccccc1)c1ccccc1)P(c1ccccc1)c1ccccc1.CC([O-])(P(c1ccccc1)c1ccccc1)P(c1ccccc1)c1ccccc1.[Pd+2]. The maximum atomic E-state index is 14.8. The Labute approximate surface area is 369 Å². The number of hydrogen-bond acceptors (Lipinski definition) is 2. The van der Waals surface area contributed by atoms with Crippen LogP contribution in [0.2, 0.25) is 0 Å². The zero-order chi connectivity index (χ0) is 40.2. The van der Waals surface area contributed by atoms with Crippen molar-refractivity contribution >= 4 is 74.1 Å². The molecule has 0 aromatic heterocycles. The van der Waals surface area contributed by atoms with Crippen molar-refractivity contribution in [2.24, 2.45) is 0 Å². The molecule has 8 aromatic carbocycles. The summed E-state index contributed by atoms with van der Waals surface area (Å²) >= 11 is 0. The third kappa shape index (κ3) is 10.9. The molecule has 0 bridgehead atoms. The van der Waals surface area contributed by atoms with Crippen molar-refractivity contribution in [1.82, 2.24) is 0 Å². The van der Waals surface area contributed by atoms with E-state index in [1.165, 1.54) is 0 Å². The average Bonchev–Trinajstić information content (AvgIpc) is 3.27. The van der Waals surface area contributed by atoms with E-state index >= 15 is 0 Å². The molecule has 0 radical (unpaired) electrons. The molecule has 296 valence electrons. The predicted octanol–water partition coefficient (Wildman–Crippen LogP) is 8.57. The summed E-state index contributed by atoms with van der Waals surface area (Å²) in [4.78, 5) is 0. The Morgan fingerprint density at radius 2 is 0.339 bits per heavy atom. The van der Waals surface area contributed by atoms with Crippen LogP contribution in [-0.2, 0) is 20.4 Å². The Balaban J connectivity index is 0.000000195. The van der Waals surface area contributed by atoms with Gasteiger partial charge in [0.25, 0.3) is 0 Å². The first-order chi connectivity index (χ1) is 28.4. The standard InChI is InChI=1S/2C26H23OP2.Pd/c2*1-26(27,28(22-14-6-2-7-15-22)23-16-8-3-9-17-23)29(24-18-10-4-11-19-24)25-20-12-5-13-21-25;/h2*2-21H,1H3;/q2*-1;+2. The second kappa shape index (κ2) is 21.5. The molecule has 2 nitrogen and oxygen atoms in total. The smallest absolute Gasteiger partial charge is 0.842 e. The fourth-order valence-electron chi connectivity index (χ4n) is 7.33. The molecule has 0 aliphatic rings. The van der Waals surface area contributed by atoms with Crippen molar-refractivity contribution in [2.75, 3.05) is 0 Å². The molecule has 7 heteroatoms. The Kier molecular flexibility index (Phi) is 16.3. The molecule has 59 heavy (non-hydrogen) atoms. The van der Waals surface area contributed by atoms with E-state index in [0.717, 1.165) is 42.4 Å².